The molecule has 156 valence electrons. The van der Waals surface area contributed by atoms with Crippen molar-refractivity contribution >= 4 is 25.4 Å². The first kappa shape index (κ1) is 21.4. The smallest absolute Gasteiger partial charge is 0.146 e. The molecule has 0 saturated heterocycles. The van der Waals surface area contributed by atoms with Gasteiger partial charge in [0.1, 0.15) is 24.5 Å². The van der Waals surface area contributed by atoms with E-state index in [-0.39, 0.29) is 12.3 Å². The molecule has 0 saturated carbocycles. The van der Waals surface area contributed by atoms with Crippen LogP contribution in [0.3, 0.4) is 0 Å². The number of aromatic nitrogens is 5. The van der Waals surface area contributed by atoms with Gasteiger partial charge in [-0.15, -0.1) is 0 Å². The SMILES string of the molecule is CCC(CC=O)n1cc(-c2ncnc3c2ccn3C(C)OCC[Si](C)(C)C)cn1. The van der Waals surface area contributed by atoms with Crippen LogP contribution in [-0.4, -0.2) is 45.3 Å². The second-order valence-corrected chi connectivity index (χ2v) is 14.3. The van der Waals surface area contributed by atoms with Gasteiger partial charge in [0.05, 0.1) is 17.9 Å². The van der Waals surface area contributed by atoms with Crippen LogP contribution in [-0.2, 0) is 9.53 Å². The molecule has 0 amide bonds. The minimum absolute atomic E-state index is 0.0722. The van der Waals surface area contributed by atoms with E-state index in [1.807, 2.05) is 23.1 Å². The van der Waals surface area contributed by atoms with Gasteiger partial charge in [-0.25, -0.2) is 9.97 Å². The second-order valence-electron chi connectivity index (χ2n) is 8.64. The Morgan fingerprint density at radius 2 is 2.07 bits per heavy atom. The summed E-state index contributed by atoms with van der Waals surface area (Å²) in [6.07, 6.45) is 9.52. The first-order chi connectivity index (χ1) is 13.8. The van der Waals surface area contributed by atoms with E-state index in [0.29, 0.717) is 6.42 Å². The van der Waals surface area contributed by atoms with Gasteiger partial charge in [0.2, 0.25) is 0 Å². The van der Waals surface area contributed by atoms with Gasteiger partial charge in [-0.3, -0.25) is 4.68 Å². The summed E-state index contributed by atoms with van der Waals surface area (Å²) in [4.78, 5) is 19.9. The zero-order chi connectivity index (χ0) is 21.0. The maximum atomic E-state index is 10.9. The van der Waals surface area contributed by atoms with Crippen LogP contribution >= 0.6 is 0 Å². The highest BCUT2D eigenvalue weighted by atomic mass is 28.3. The monoisotopic (exact) mass is 413 g/mol. The second kappa shape index (κ2) is 9.00. The highest BCUT2D eigenvalue weighted by molar-refractivity contribution is 6.76. The Morgan fingerprint density at radius 1 is 1.28 bits per heavy atom. The molecular formula is C21H31N5O2Si. The molecule has 2 atom stereocenters. The fourth-order valence-electron chi connectivity index (χ4n) is 3.34. The predicted molar refractivity (Wildman–Crippen MR) is 118 cm³/mol. The molecule has 3 aromatic heterocycles. The average molecular weight is 414 g/mol. The first-order valence-corrected chi connectivity index (χ1v) is 14.0. The number of fused-ring (bicyclic) bond motifs is 1. The Hall–Kier alpha value is -2.32. The van der Waals surface area contributed by atoms with Gasteiger partial charge in [-0.05, 0) is 25.5 Å². The van der Waals surface area contributed by atoms with Crippen molar-refractivity contribution in [1.82, 2.24) is 24.3 Å². The van der Waals surface area contributed by atoms with Crippen molar-refractivity contribution in [3.63, 3.8) is 0 Å². The van der Waals surface area contributed by atoms with Crippen molar-refractivity contribution in [2.45, 2.75) is 64.6 Å². The van der Waals surface area contributed by atoms with E-state index in [1.165, 1.54) is 0 Å². The van der Waals surface area contributed by atoms with Crippen molar-refractivity contribution in [3.05, 3.63) is 31.0 Å². The van der Waals surface area contributed by atoms with Crippen LogP contribution in [0.5, 0.6) is 0 Å². The Morgan fingerprint density at radius 3 is 2.76 bits per heavy atom. The van der Waals surface area contributed by atoms with Crippen LogP contribution in [0, 0.1) is 0 Å². The van der Waals surface area contributed by atoms with E-state index in [0.717, 1.165) is 47.6 Å². The third-order valence-electron chi connectivity index (χ3n) is 5.20. The summed E-state index contributed by atoms with van der Waals surface area (Å²) in [7, 11) is -1.12. The Kier molecular flexibility index (Phi) is 6.64. The molecule has 0 radical (unpaired) electrons. The lowest BCUT2D eigenvalue weighted by Crippen LogP contribution is -2.22. The average Bonchev–Trinajstić information content (AvgIpc) is 3.32. The highest BCUT2D eigenvalue weighted by Gasteiger charge is 2.18. The molecule has 0 fully saturated rings. The van der Waals surface area contributed by atoms with E-state index in [1.54, 1.807) is 12.5 Å². The van der Waals surface area contributed by atoms with Crippen LogP contribution in [0.2, 0.25) is 25.7 Å². The van der Waals surface area contributed by atoms with Crippen molar-refractivity contribution in [2.75, 3.05) is 6.61 Å². The molecule has 8 heteroatoms. The molecule has 0 aliphatic carbocycles. The maximum Gasteiger partial charge on any atom is 0.146 e. The molecule has 7 nitrogen and oxygen atoms in total. The summed E-state index contributed by atoms with van der Waals surface area (Å²) in [5.41, 5.74) is 2.62. The number of ether oxygens (including phenoxy) is 1. The minimum atomic E-state index is -1.12. The van der Waals surface area contributed by atoms with E-state index in [2.05, 4.69) is 53.1 Å². The van der Waals surface area contributed by atoms with Gasteiger partial charge in [0.25, 0.3) is 0 Å². The van der Waals surface area contributed by atoms with Gasteiger partial charge in [0.15, 0.2) is 0 Å². The zero-order valence-corrected chi connectivity index (χ0v) is 19.0. The quantitative estimate of drug-likeness (QED) is 0.355. The number of carbonyl (C=O) groups excluding carboxylic acids is 1. The molecule has 0 spiro atoms. The summed E-state index contributed by atoms with van der Waals surface area (Å²) in [6, 6.07) is 3.24. The lowest BCUT2D eigenvalue weighted by atomic mass is 10.1. The van der Waals surface area contributed by atoms with E-state index < -0.39 is 8.07 Å². The van der Waals surface area contributed by atoms with Gasteiger partial charge in [-0.2, -0.15) is 5.10 Å². The normalized spacial score (nSPS) is 14.2. The minimum Gasteiger partial charge on any atom is -0.359 e. The number of rotatable bonds is 10. The summed E-state index contributed by atoms with van der Waals surface area (Å²) in [5.74, 6) is 0. The topological polar surface area (TPSA) is 74.8 Å². The van der Waals surface area contributed by atoms with Crippen LogP contribution < -0.4 is 0 Å². The van der Waals surface area contributed by atoms with Gasteiger partial charge >= 0.3 is 0 Å². The third kappa shape index (κ3) is 5.00. The Balaban J connectivity index is 1.85. The van der Waals surface area contributed by atoms with E-state index in [9.17, 15) is 4.79 Å². The van der Waals surface area contributed by atoms with Crippen molar-refractivity contribution in [3.8, 4) is 11.3 Å². The Bertz CT molecular complexity index is 960. The number of hydrogen-bond donors (Lipinski definition) is 0. The molecule has 3 aromatic rings. The van der Waals surface area contributed by atoms with Crippen LogP contribution in [0.4, 0.5) is 0 Å². The molecule has 0 aliphatic rings. The van der Waals surface area contributed by atoms with E-state index >= 15 is 0 Å². The largest absolute Gasteiger partial charge is 0.359 e. The predicted octanol–water partition coefficient (Wildman–Crippen LogP) is 4.71. The zero-order valence-electron chi connectivity index (χ0n) is 18.0. The van der Waals surface area contributed by atoms with E-state index in [4.69, 9.17) is 4.74 Å². The number of carbonyl (C=O) groups is 1. The molecule has 0 bridgehead atoms. The number of hydrogen-bond acceptors (Lipinski definition) is 5. The lowest BCUT2D eigenvalue weighted by molar-refractivity contribution is -0.108. The standard InChI is InChI=1S/C21H31N5O2Si/c1-6-18(8-10-27)26-14-17(13-24-26)20-19-7-9-25(21(19)23-15-22-20)16(2)28-11-12-29(3,4)5/h7,9-10,13-16,18H,6,8,11-12H2,1-5H3. The third-order valence-corrected chi connectivity index (χ3v) is 6.90. The molecule has 0 aromatic carbocycles. The van der Waals surface area contributed by atoms with Crippen molar-refractivity contribution < 1.29 is 9.53 Å². The molecule has 29 heavy (non-hydrogen) atoms. The summed E-state index contributed by atoms with van der Waals surface area (Å²) < 4.78 is 9.99. The van der Waals surface area contributed by atoms with Gasteiger partial charge in [0, 0.05) is 44.4 Å². The van der Waals surface area contributed by atoms with Gasteiger partial charge < -0.3 is 14.1 Å². The summed E-state index contributed by atoms with van der Waals surface area (Å²) in [6.45, 7) is 11.9. The van der Waals surface area contributed by atoms with Crippen molar-refractivity contribution in [2.24, 2.45) is 0 Å². The first-order valence-electron chi connectivity index (χ1n) is 10.3. The molecular weight excluding hydrogens is 382 g/mol. The molecule has 2 unspecified atom stereocenters. The number of aldehydes is 1. The summed E-state index contributed by atoms with van der Waals surface area (Å²) >= 11 is 0. The highest BCUT2D eigenvalue weighted by Crippen LogP contribution is 2.29. The van der Waals surface area contributed by atoms with Crippen LogP contribution in [0.1, 0.15) is 39.0 Å². The van der Waals surface area contributed by atoms with Crippen LogP contribution in [0.25, 0.3) is 22.3 Å². The molecule has 3 rings (SSSR count). The molecule has 3 heterocycles. The van der Waals surface area contributed by atoms with Crippen molar-refractivity contribution in [1.29, 1.82) is 0 Å². The fraction of sp³-hybridized carbons (Fsp3) is 0.524. The fourth-order valence-corrected chi connectivity index (χ4v) is 4.07. The molecule has 0 N–H and O–H groups in total. The molecule has 0 aliphatic heterocycles. The van der Waals surface area contributed by atoms with Gasteiger partial charge in [-0.1, -0.05) is 26.6 Å². The number of nitrogens with zero attached hydrogens (tertiary/aromatic N) is 5. The maximum absolute atomic E-state index is 10.9. The lowest BCUT2D eigenvalue weighted by Gasteiger charge is -2.20. The Labute approximate surface area is 173 Å². The van der Waals surface area contributed by atoms with Crippen LogP contribution in [0.15, 0.2) is 31.0 Å². The summed E-state index contributed by atoms with van der Waals surface area (Å²) in [5, 5.41) is 5.43.